The maximum atomic E-state index is 13.6. The summed E-state index contributed by atoms with van der Waals surface area (Å²) in [7, 11) is 0. The third-order valence-electron chi connectivity index (χ3n) is 6.33. The van der Waals surface area contributed by atoms with Gasteiger partial charge >= 0.3 is 6.09 Å². The number of halogens is 1. The molecular formula is C32H38FN3O4. The maximum absolute atomic E-state index is 13.6. The van der Waals surface area contributed by atoms with Crippen LogP contribution in [0.15, 0.2) is 66.9 Å². The van der Waals surface area contributed by atoms with Crippen LogP contribution in [-0.2, 0) is 11.3 Å². The molecule has 0 aliphatic carbocycles. The van der Waals surface area contributed by atoms with Gasteiger partial charge in [-0.25, -0.2) is 14.2 Å². The fraction of sp³-hybridized carbons (Fsp3) is 0.375. The average Bonchev–Trinajstić information content (AvgIpc) is 3.41. The van der Waals surface area contributed by atoms with Crippen LogP contribution in [0.3, 0.4) is 0 Å². The van der Waals surface area contributed by atoms with Crippen molar-refractivity contribution in [1.29, 1.82) is 0 Å². The summed E-state index contributed by atoms with van der Waals surface area (Å²) in [6, 6.07) is 15.4. The molecule has 4 rings (SSSR count). The second-order valence-electron chi connectivity index (χ2n) is 11.4. The third kappa shape index (κ3) is 7.60. The zero-order valence-corrected chi connectivity index (χ0v) is 23.8. The van der Waals surface area contributed by atoms with Gasteiger partial charge in [0.1, 0.15) is 29.1 Å². The van der Waals surface area contributed by atoms with Crippen molar-refractivity contribution in [3.05, 3.63) is 94.9 Å². The molecule has 0 fully saturated rings. The van der Waals surface area contributed by atoms with Crippen molar-refractivity contribution in [1.82, 2.24) is 9.88 Å². The zero-order chi connectivity index (χ0) is 28.9. The number of aliphatic hydroxyl groups is 1. The first-order valence-corrected chi connectivity index (χ1v) is 13.6. The van der Waals surface area contributed by atoms with Gasteiger partial charge in [-0.1, -0.05) is 44.2 Å². The predicted octanol–water partition coefficient (Wildman–Crippen LogP) is 6.58. The van der Waals surface area contributed by atoms with E-state index in [1.807, 2.05) is 57.2 Å². The topological polar surface area (TPSA) is 83.9 Å². The Labute approximate surface area is 235 Å². The van der Waals surface area contributed by atoms with Gasteiger partial charge in [-0.05, 0) is 79.3 Å². The van der Waals surface area contributed by atoms with E-state index in [1.165, 1.54) is 12.1 Å². The highest BCUT2D eigenvalue weighted by atomic mass is 19.1. The quantitative estimate of drug-likeness (QED) is 0.315. The minimum absolute atomic E-state index is 0.333. The number of benzene rings is 2. The number of rotatable bonds is 9. The molecule has 2 aromatic carbocycles. The summed E-state index contributed by atoms with van der Waals surface area (Å²) < 4.78 is 25.0. The Morgan fingerprint density at radius 1 is 1.10 bits per heavy atom. The number of amides is 1. The summed E-state index contributed by atoms with van der Waals surface area (Å²) in [5.74, 6) is 1.38. The summed E-state index contributed by atoms with van der Waals surface area (Å²) in [5.41, 5.74) is 3.15. The minimum Gasteiger partial charge on any atom is -0.493 e. The average molecular weight is 548 g/mol. The Balaban J connectivity index is 1.59. The lowest BCUT2D eigenvalue weighted by Gasteiger charge is -2.25. The largest absolute Gasteiger partial charge is 0.493 e. The van der Waals surface area contributed by atoms with Crippen LogP contribution in [0.4, 0.5) is 15.0 Å². The number of aromatic nitrogens is 1. The Kier molecular flexibility index (Phi) is 9.10. The van der Waals surface area contributed by atoms with E-state index in [0.717, 1.165) is 22.4 Å². The van der Waals surface area contributed by atoms with E-state index in [9.17, 15) is 14.3 Å². The van der Waals surface area contributed by atoms with Crippen LogP contribution in [0.25, 0.3) is 5.57 Å². The Bertz CT molecular complexity index is 1330. The van der Waals surface area contributed by atoms with Gasteiger partial charge in [0.15, 0.2) is 0 Å². The molecule has 1 aliphatic heterocycles. The van der Waals surface area contributed by atoms with Crippen LogP contribution in [-0.4, -0.2) is 46.4 Å². The first-order valence-electron chi connectivity index (χ1n) is 13.6. The van der Waals surface area contributed by atoms with E-state index in [1.54, 1.807) is 23.2 Å². The lowest BCUT2D eigenvalue weighted by Crippen LogP contribution is -2.35. The van der Waals surface area contributed by atoms with Crippen molar-refractivity contribution in [3.8, 4) is 5.75 Å². The molecule has 8 heteroatoms. The van der Waals surface area contributed by atoms with Crippen LogP contribution in [0.5, 0.6) is 5.75 Å². The summed E-state index contributed by atoms with van der Waals surface area (Å²) in [5, 5.41) is 14.9. The fourth-order valence-corrected chi connectivity index (χ4v) is 4.35. The van der Waals surface area contributed by atoms with Crippen molar-refractivity contribution < 1.29 is 23.8 Å². The minimum atomic E-state index is -1.07. The van der Waals surface area contributed by atoms with Crippen molar-refractivity contribution in [2.45, 2.75) is 52.9 Å². The highest BCUT2D eigenvalue weighted by molar-refractivity contribution is 5.80. The van der Waals surface area contributed by atoms with E-state index >= 15 is 0 Å². The van der Waals surface area contributed by atoms with Crippen molar-refractivity contribution in [3.63, 3.8) is 0 Å². The van der Waals surface area contributed by atoms with E-state index in [2.05, 4.69) is 24.1 Å². The number of carbonyl (C=O) groups excluding carboxylic acids is 1. The molecule has 40 heavy (non-hydrogen) atoms. The van der Waals surface area contributed by atoms with Crippen molar-refractivity contribution in [2.24, 2.45) is 5.92 Å². The normalized spacial score (nSPS) is 14.2. The molecule has 1 aliphatic rings. The smallest absolute Gasteiger partial charge is 0.410 e. The standard InChI is InChI=1S/C32H38FN3O4/c1-21(2)20-39-26-12-6-22(7-13-26)18-35-30-28(29(37)23-8-10-25(33)11-9-23)27(14-16-34-30)24-15-17-36(19-24)31(38)40-32(3,4)5/h6-16,21,29,37H,17-20H2,1-5H3,(H,34,35). The van der Waals surface area contributed by atoms with Crippen LogP contribution in [0, 0.1) is 11.7 Å². The number of nitrogens with zero attached hydrogens (tertiary/aromatic N) is 2. The molecule has 1 unspecified atom stereocenters. The molecular weight excluding hydrogens is 509 g/mol. The van der Waals surface area contributed by atoms with Crippen LogP contribution in [0.2, 0.25) is 0 Å². The molecule has 0 spiro atoms. The van der Waals surface area contributed by atoms with Gasteiger partial charge in [0.25, 0.3) is 0 Å². The Morgan fingerprint density at radius 2 is 1.80 bits per heavy atom. The van der Waals surface area contributed by atoms with E-state index in [-0.39, 0.29) is 5.82 Å². The van der Waals surface area contributed by atoms with E-state index in [0.29, 0.717) is 49.1 Å². The molecule has 0 radical (unpaired) electrons. The SMILES string of the molecule is CC(C)COc1ccc(CNc2nccc(C3=CCN(C(=O)OC(C)(C)C)C3)c2C(O)c2ccc(F)cc2)cc1. The molecule has 212 valence electrons. The number of nitrogens with one attached hydrogen (secondary N) is 1. The molecule has 2 N–H and O–H groups in total. The second-order valence-corrected chi connectivity index (χ2v) is 11.4. The number of hydrogen-bond donors (Lipinski definition) is 2. The van der Waals surface area contributed by atoms with Crippen LogP contribution >= 0.6 is 0 Å². The Hall–Kier alpha value is -3.91. The molecule has 0 saturated heterocycles. The monoisotopic (exact) mass is 547 g/mol. The number of carbonyl (C=O) groups is 1. The predicted molar refractivity (Wildman–Crippen MR) is 155 cm³/mol. The fourth-order valence-electron chi connectivity index (χ4n) is 4.35. The highest BCUT2D eigenvalue weighted by Crippen LogP contribution is 2.36. The first kappa shape index (κ1) is 29.1. The van der Waals surface area contributed by atoms with Gasteiger partial charge in [-0.3, -0.25) is 0 Å². The first-order chi connectivity index (χ1) is 19.0. The van der Waals surface area contributed by atoms with Gasteiger partial charge in [-0.2, -0.15) is 0 Å². The molecule has 3 aromatic rings. The molecule has 1 atom stereocenters. The van der Waals surface area contributed by atoms with E-state index in [4.69, 9.17) is 9.47 Å². The number of ether oxygens (including phenoxy) is 2. The molecule has 7 nitrogen and oxygen atoms in total. The maximum Gasteiger partial charge on any atom is 0.410 e. The van der Waals surface area contributed by atoms with Gasteiger partial charge in [0.2, 0.25) is 0 Å². The van der Waals surface area contributed by atoms with Crippen molar-refractivity contribution in [2.75, 3.05) is 25.0 Å². The summed E-state index contributed by atoms with van der Waals surface area (Å²) in [6.07, 6.45) is 2.17. The third-order valence-corrected chi connectivity index (χ3v) is 6.33. The number of hydrogen-bond acceptors (Lipinski definition) is 6. The summed E-state index contributed by atoms with van der Waals surface area (Å²) >= 11 is 0. The van der Waals surface area contributed by atoms with E-state index < -0.39 is 17.8 Å². The van der Waals surface area contributed by atoms with Crippen LogP contribution in [0.1, 0.15) is 63.0 Å². The van der Waals surface area contributed by atoms with Gasteiger partial charge in [0, 0.05) is 31.4 Å². The van der Waals surface area contributed by atoms with Gasteiger partial charge in [0.05, 0.1) is 6.61 Å². The number of pyridine rings is 1. The zero-order valence-electron chi connectivity index (χ0n) is 23.8. The second kappa shape index (κ2) is 12.5. The lowest BCUT2D eigenvalue weighted by molar-refractivity contribution is 0.0306. The number of anilines is 1. The molecule has 2 heterocycles. The number of aliphatic hydroxyl groups excluding tert-OH is 1. The molecule has 0 saturated carbocycles. The van der Waals surface area contributed by atoms with Crippen LogP contribution < -0.4 is 10.1 Å². The highest BCUT2D eigenvalue weighted by Gasteiger charge is 2.29. The molecule has 1 amide bonds. The summed E-state index contributed by atoms with van der Waals surface area (Å²) in [4.78, 5) is 18.9. The lowest BCUT2D eigenvalue weighted by atomic mass is 9.93. The molecule has 0 bridgehead atoms. The van der Waals surface area contributed by atoms with Crippen molar-refractivity contribution >= 4 is 17.5 Å². The van der Waals surface area contributed by atoms with Gasteiger partial charge in [-0.15, -0.1) is 0 Å². The van der Waals surface area contributed by atoms with Gasteiger partial charge < -0.3 is 24.8 Å². The summed E-state index contributed by atoms with van der Waals surface area (Å²) in [6.45, 7) is 11.6. The Morgan fingerprint density at radius 3 is 2.45 bits per heavy atom. The molecule has 1 aromatic heterocycles.